The number of fused-ring (bicyclic) bond motifs is 1. The first-order chi connectivity index (χ1) is 10.5. The third kappa shape index (κ3) is 2.60. The minimum absolute atomic E-state index is 0.187. The van der Waals surface area contributed by atoms with Crippen molar-refractivity contribution in [2.45, 2.75) is 26.8 Å². The number of H-pyrrole nitrogens is 1. The van der Waals surface area contributed by atoms with Crippen LogP contribution in [0.5, 0.6) is 0 Å². The number of aromatic amines is 1. The molecule has 3 rings (SSSR count). The topological polar surface area (TPSA) is 62.7 Å². The zero-order valence-corrected chi connectivity index (χ0v) is 13.4. The summed E-state index contributed by atoms with van der Waals surface area (Å²) >= 11 is 6.02. The maximum absolute atomic E-state index is 12.5. The largest absolute Gasteiger partial charge is 0.350 e. The molecule has 0 unspecified atom stereocenters. The van der Waals surface area contributed by atoms with Crippen LogP contribution in [0.4, 0.5) is 5.69 Å². The number of hydrogen-bond acceptors (Lipinski definition) is 2. The van der Waals surface area contributed by atoms with Crippen LogP contribution in [0.25, 0.3) is 10.9 Å². The van der Waals surface area contributed by atoms with Crippen LogP contribution in [0.2, 0.25) is 5.02 Å². The Balaban J connectivity index is 1.90. The van der Waals surface area contributed by atoms with E-state index in [-0.39, 0.29) is 11.9 Å². The molecule has 0 aliphatic carbocycles. The van der Waals surface area contributed by atoms with Crippen molar-refractivity contribution < 1.29 is 4.79 Å². The van der Waals surface area contributed by atoms with E-state index in [4.69, 9.17) is 11.6 Å². The van der Waals surface area contributed by atoms with Crippen LogP contribution in [0.15, 0.2) is 30.6 Å². The van der Waals surface area contributed by atoms with Crippen molar-refractivity contribution in [3.63, 3.8) is 0 Å². The standard InChI is InChI=1S/C16H17ClN4O/c1-9(2)21-8-12(7-18-21)19-16(22)15-10(3)13-6-11(17)4-5-14(13)20-15/h4-9,20H,1-3H3,(H,19,22). The van der Waals surface area contributed by atoms with Crippen molar-refractivity contribution in [1.29, 1.82) is 0 Å². The van der Waals surface area contributed by atoms with E-state index in [2.05, 4.69) is 15.4 Å². The number of amides is 1. The highest BCUT2D eigenvalue weighted by Crippen LogP contribution is 2.25. The van der Waals surface area contributed by atoms with E-state index in [0.717, 1.165) is 16.5 Å². The Labute approximate surface area is 133 Å². The van der Waals surface area contributed by atoms with Crippen molar-refractivity contribution >= 4 is 34.1 Å². The fourth-order valence-corrected chi connectivity index (χ4v) is 2.58. The molecule has 0 radical (unpaired) electrons. The molecule has 6 heteroatoms. The van der Waals surface area contributed by atoms with Crippen molar-refractivity contribution in [3.8, 4) is 0 Å². The number of halogens is 1. The van der Waals surface area contributed by atoms with E-state index in [1.165, 1.54) is 0 Å². The van der Waals surface area contributed by atoms with Crippen LogP contribution in [-0.2, 0) is 0 Å². The number of carbonyl (C=O) groups is 1. The van der Waals surface area contributed by atoms with Crippen molar-refractivity contribution in [1.82, 2.24) is 14.8 Å². The Hall–Kier alpha value is -2.27. The Morgan fingerprint density at radius 2 is 2.18 bits per heavy atom. The smallest absolute Gasteiger partial charge is 0.272 e. The summed E-state index contributed by atoms with van der Waals surface area (Å²) in [7, 11) is 0. The van der Waals surface area contributed by atoms with Gasteiger partial charge in [-0.25, -0.2) is 0 Å². The second-order valence-electron chi connectivity index (χ2n) is 5.57. The SMILES string of the molecule is Cc1c(C(=O)Nc2cnn(C(C)C)c2)[nH]c2ccc(Cl)cc12. The van der Waals surface area contributed by atoms with Gasteiger partial charge in [-0.1, -0.05) is 11.6 Å². The quantitative estimate of drug-likeness (QED) is 0.762. The molecular weight excluding hydrogens is 300 g/mol. The molecule has 1 aromatic carbocycles. The number of hydrogen-bond donors (Lipinski definition) is 2. The molecule has 0 fully saturated rings. The molecule has 1 amide bonds. The van der Waals surface area contributed by atoms with E-state index in [0.29, 0.717) is 16.4 Å². The van der Waals surface area contributed by atoms with E-state index in [1.807, 2.05) is 39.1 Å². The summed E-state index contributed by atoms with van der Waals surface area (Å²) in [6.45, 7) is 5.97. The number of aromatic nitrogens is 3. The molecule has 2 heterocycles. The zero-order valence-electron chi connectivity index (χ0n) is 12.6. The van der Waals surface area contributed by atoms with Gasteiger partial charge < -0.3 is 10.3 Å². The number of nitrogens with zero attached hydrogens (tertiary/aromatic N) is 2. The lowest BCUT2D eigenvalue weighted by Gasteiger charge is -2.04. The van der Waals surface area contributed by atoms with Gasteiger partial charge in [0.15, 0.2) is 0 Å². The van der Waals surface area contributed by atoms with Crippen LogP contribution in [-0.4, -0.2) is 20.7 Å². The Kier molecular flexibility index (Phi) is 3.66. The van der Waals surface area contributed by atoms with Crippen LogP contribution in [0.1, 0.15) is 35.9 Å². The lowest BCUT2D eigenvalue weighted by molar-refractivity contribution is 0.102. The lowest BCUT2D eigenvalue weighted by Crippen LogP contribution is -2.13. The average Bonchev–Trinajstić information content (AvgIpc) is 3.05. The molecule has 114 valence electrons. The Bertz CT molecular complexity index is 847. The third-order valence-electron chi connectivity index (χ3n) is 3.64. The van der Waals surface area contributed by atoms with E-state index in [9.17, 15) is 4.79 Å². The molecular formula is C16H17ClN4O. The van der Waals surface area contributed by atoms with Gasteiger partial charge in [-0.15, -0.1) is 0 Å². The van der Waals surface area contributed by atoms with Gasteiger partial charge in [0, 0.05) is 28.2 Å². The van der Waals surface area contributed by atoms with E-state index in [1.54, 1.807) is 16.9 Å². The molecule has 3 aromatic rings. The monoisotopic (exact) mass is 316 g/mol. The second kappa shape index (κ2) is 5.50. The minimum atomic E-state index is -0.187. The van der Waals surface area contributed by atoms with Gasteiger partial charge in [0.2, 0.25) is 0 Å². The molecule has 5 nitrogen and oxygen atoms in total. The van der Waals surface area contributed by atoms with Gasteiger partial charge in [-0.2, -0.15) is 5.10 Å². The highest BCUT2D eigenvalue weighted by atomic mass is 35.5. The fourth-order valence-electron chi connectivity index (χ4n) is 2.40. The highest BCUT2D eigenvalue weighted by molar-refractivity contribution is 6.31. The number of aryl methyl sites for hydroxylation is 1. The first-order valence-electron chi connectivity index (χ1n) is 7.09. The van der Waals surface area contributed by atoms with Gasteiger partial charge in [0.1, 0.15) is 5.69 Å². The number of benzene rings is 1. The number of rotatable bonds is 3. The van der Waals surface area contributed by atoms with Crippen molar-refractivity contribution in [2.24, 2.45) is 0 Å². The molecule has 0 aliphatic heterocycles. The van der Waals surface area contributed by atoms with Crippen LogP contribution in [0, 0.1) is 6.92 Å². The molecule has 0 bridgehead atoms. The first-order valence-corrected chi connectivity index (χ1v) is 7.47. The van der Waals surface area contributed by atoms with E-state index < -0.39 is 0 Å². The highest BCUT2D eigenvalue weighted by Gasteiger charge is 2.16. The normalized spacial score (nSPS) is 11.3. The molecule has 0 spiro atoms. The molecule has 0 aliphatic rings. The first kappa shape index (κ1) is 14.7. The summed E-state index contributed by atoms with van der Waals surface area (Å²) in [4.78, 5) is 15.6. The summed E-state index contributed by atoms with van der Waals surface area (Å²) in [5, 5.41) is 8.68. The van der Waals surface area contributed by atoms with Crippen molar-refractivity contribution in [2.75, 3.05) is 5.32 Å². The second-order valence-corrected chi connectivity index (χ2v) is 6.01. The maximum Gasteiger partial charge on any atom is 0.272 e. The summed E-state index contributed by atoms with van der Waals surface area (Å²) in [5.41, 5.74) is 2.99. The van der Waals surface area contributed by atoms with Crippen LogP contribution in [0.3, 0.4) is 0 Å². The average molecular weight is 317 g/mol. The molecule has 22 heavy (non-hydrogen) atoms. The summed E-state index contributed by atoms with van der Waals surface area (Å²) in [6, 6.07) is 5.78. The number of nitrogens with one attached hydrogen (secondary N) is 2. The molecule has 0 atom stereocenters. The summed E-state index contributed by atoms with van der Waals surface area (Å²) in [5.74, 6) is -0.187. The molecule has 0 saturated heterocycles. The predicted molar refractivity (Wildman–Crippen MR) is 88.6 cm³/mol. The lowest BCUT2D eigenvalue weighted by atomic mass is 10.1. The summed E-state index contributed by atoms with van der Waals surface area (Å²) in [6.07, 6.45) is 3.46. The fraction of sp³-hybridized carbons (Fsp3) is 0.250. The van der Waals surface area contributed by atoms with Gasteiger partial charge in [0.25, 0.3) is 5.91 Å². The van der Waals surface area contributed by atoms with Gasteiger partial charge in [-0.3, -0.25) is 9.48 Å². The third-order valence-corrected chi connectivity index (χ3v) is 3.87. The van der Waals surface area contributed by atoms with Crippen LogP contribution >= 0.6 is 11.6 Å². The minimum Gasteiger partial charge on any atom is -0.350 e. The van der Waals surface area contributed by atoms with Crippen molar-refractivity contribution in [3.05, 3.63) is 46.9 Å². The van der Waals surface area contributed by atoms with Crippen LogP contribution < -0.4 is 5.32 Å². The van der Waals surface area contributed by atoms with Gasteiger partial charge >= 0.3 is 0 Å². The Morgan fingerprint density at radius 1 is 1.41 bits per heavy atom. The molecule has 2 N–H and O–H groups in total. The molecule has 0 saturated carbocycles. The zero-order chi connectivity index (χ0) is 15.9. The number of anilines is 1. The maximum atomic E-state index is 12.5. The predicted octanol–water partition coefficient (Wildman–Crippen LogP) is 4.16. The van der Waals surface area contributed by atoms with Gasteiger partial charge in [0.05, 0.1) is 11.9 Å². The van der Waals surface area contributed by atoms with Gasteiger partial charge in [-0.05, 0) is 44.5 Å². The van der Waals surface area contributed by atoms with E-state index >= 15 is 0 Å². The Morgan fingerprint density at radius 3 is 2.86 bits per heavy atom. The summed E-state index contributed by atoms with van der Waals surface area (Å²) < 4.78 is 1.80. The number of carbonyl (C=O) groups excluding carboxylic acids is 1. The molecule has 2 aromatic heterocycles.